The Morgan fingerprint density at radius 3 is 2.15 bits per heavy atom. The topological polar surface area (TPSA) is 35.6 Å². The summed E-state index contributed by atoms with van der Waals surface area (Å²) in [4.78, 5) is 17.1. The summed E-state index contributed by atoms with van der Waals surface area (Å²) in [5.74, 6) is 1.09. The van der Waals surface area contributed by atoms with Crippen LogP contribution in [0.25, 0.3) is 0 Å². The standard InChI is InChI=1S/C16H29N3O/c20-16(11-14-5-3-1-2-4-6-14)19-9-7-18(8-10-19)15-12-17-13-15/h14-15,17H,1-13H2. The van der Waals surface area contributed by atoms with Gasteiger partial charge in [0.1, 0.15) is 0 Å². The molecular weight excluding hydrogens is 250 g/mol. The van der Waals surface area contributed by atoms with Crippen LogP contribution in [0.5, 0.6) is 0 Å². The van der Waals surface area contributed by atoms with Crippen LogP contribution in [-0.2, 0) is 4.79 Å². The van der Waals surface area contributed by atoms with Crippen molar-refractivity contribution in [2.75, 3.05) is 39.3 Å². The van der Waals surface area contributed by atoms with Gasteiger partial charge in [-0.2, -0.15) is 0 Å². The summed E-state index contributed by atoms with van der Waals surface area (Å²) >= 11 is 0. The van der Waals surface area contributed by atoms with Gasteiger partial charge in [0.15, 0.2) is 0 Å². The second-order valence-corrected chi connectivity index (χ2v) is 6.79. The van der Waals surface area contributed by atoms with Gasteiger partial charge < -0.3 is 10.2 Å². The summed E-state index contributed by atoms with van der Waals surface area (Å²) in [5.41, 5.74) is 0. The summed E-state index contributed by atoms with van der Waals surface area (Å²) in [6.07, 6.45) is 8.78. The number of amides is 1. The molecule has 1 saturated carbocycles. The third-order valence-electron chi connectivity index (χ3n) is 5.38. The number of nitrogens with zero attached hydrogens (tertiary/aromatic N) is 2. The minimum Gasteiger partial charge on any atom is -0.340 e. The lowest BCUT2D eigenvalue weighted by atomic mass is 9.96. The molecule has 20 heavy (non-hydrogen) atoms. The maximum atomic E-state index is 12.4. The largest absolute Gasteiger partial charge is 0.340 e. The van der Waals surface area contributed by atoms with Crippen LogP contribution < -0.4 is 5.32 Å². The molecular formula is C16H29N3O. The molecule has 3 rings (SSSR count). The first-order valence-electron chi connectivity index (χ1n) is 8.55. The number of hydrogen-bond donors (Lipinski definition) is 1. The number of rotatable bonds is 3. The zero-order valence-electron chi connectivity index (χ0n) is 12.6. The lowest BCUT2D eigenvalue weighted by Crippen LogP contribution is -2.62. The van der Waals surface area contributed by atoms with Crippen LogP contribution in [0.4, 0.5) is 0 Å². The van der Waals surface area contributed by atoms with E-state index in [0.717, 1.165) is 51.7 Å². The quantitative estimate of drug-likeness (QED) is 0.795. The molecule has 0 aromatic rings. The summed E-state index contributed by atoms with van der Waals surface area (Å²) in [6, 6.07) is 0.731. The minimum absolute atomic E-state index is 0.420. The first kappa shape index (κ1) is 14.3. The molecule has 1 N–H and O–H groups in total. The fraction of sp³-hybridized carbons (Fsp3) is 0.938. The van der Waals surface area contributed by atoms with Crippen LogP contribution in [0.1, 0.15) is 44.9 Å². The number of piperazine rings is 1. The van der Waals surface area contributed by atoms with Crippen molar-refractivity contribution in [1.29, 1.82) is 0 Å². The van der Waals surface area contributed by atoms with Gasteiger partial charge >= 0.3 is 0 Å². The van der Waals surface area contributed by atoms with Gasteiger partial charge in [0.25, 0.3) is 0 Å². The normalized spacial score (nSPS) is 27.1. The summed E-state index contributed by atoms with van der Waals surface area (Å²) in [6.45, 7) is 6.31. The van der Waals surface area contributed by atoms with Gasteiger partial charge in [0, 0.05) is 51.7 Å². The first-order chi connectivity index (χ1) is 9.83. The minimum atomic E-state index is 0.420. The lowest BCUT2D eigenvalue weighted by molar-refractivity contribution is -0.134. The van der Waals surface area contributed by atoms with Crippen molar-refractivity contribution < 1.29 is 4.79 Å². The Morgan fingerprint density at radius 1 is 0.950 bits per heavy atom. The second kappa shape index (κ2) is 6.90. The molecule has 4 heteroatoms. The molecule has 1 amide bonds. The molecule has 0 atom stereocenters. The fourth-order valence-electron chi connectivity index (χ4n) is 3.81. The van der Waals surface area contributed by atoms with Crippen molar-refractivity contribution in [2.45, 2.75) is 51.0 Å². The smallest absolute Gasteiger partial charge is 0.222 e. The zero-order valence-corrected chi connectivity index (χ0v) is 12.6. The van der Waals surface area contributed by atoms with Gasteiger partial charge in [0.05, 0.1) is 0 Å². The Bertz CT molecular complexity index is 314. The van der Waals surface area contributed by atoms with E-state index in [-0.39, 0.29) is 0 Å². The van der Waals surface area contributed by atoms with E-state index >= 15 is 0 Å². The first-order valence-corrected chi connectivity index (χ1v) is 8.55. The van der Waals surface area contributed by atoms with Crippen LogP contribution in [0.3, 0.4) is 0 Å². The molecule has 0 radical (unpaired) electrons. The van der Waals surface area contributed by atoms with Crippen molar-refractivity contribution in [3.05, 3.63) is 0 Å². The molecule has 0 aromatic carbocycles. The van der Waals surface area contributed by atoms with E-state index in [4.69, 9.17) is 0 Å². The van der Waals surface area contributed by atoms with Gasteiger partial charge in [-0.15, -0.1) is 0 Å². The molecule has 0 bridgehead atoms. The average Bonchev–Trinajstić information content (AvgIpc) is 2.66. The molecule has 2 saturated heterocycles. The van der Waals surface area contributed by atoms with Crippen molar-refractivity contribution in [2.24, 2.45) is 5.92 Å². The molecule has 3 fully saturated rings. The summed E-state index contributed by atoms with van der Waals surface area (Å²) < 4.78 is 0. The maximum Gasteiger partial charge on any atom is 0.222 e. The Morgan fingerprint density at radius 2 is 1.60 bits per heavy atom. The van der Waals surface area contributed by atoms with E-state index in [1.807, 2.05) is 0 Å². The highest BCUT2D eigenvalue weighted by atomic mass is 16.2. The second-order valence-electron chi connectivity index (χ2n) is 6.79. The van der Waals surface area contributed by atoms with Gasteiger partial charge in [0.2, 0.25) is 5.91 Å². The number of hydrogen-bond acceptors (Lipinski definition) is 3. The third kappa shape index (κ3) is 3.53. The molecule has 4 nitrogen and oxygen atoms in total. The van der Waals surface area contributed by atoms with Crippen LogP contribution in [0.15, 0.2) is 0 Å². The Kier molecular flexibility index (Phi) is 4.94. The van der Waals surface area contributed by atoms with Gasteiger partial charge in [-0.1, -0.05) is 25.7 Å². The molecule has 0 aromatic heterocycles. The van der Waals surface area contributed by atoms with Gasteiger partial charge in [-0.05, 0) is 18.8 Å². The molecule has 2 heterocycles. The summed E-state index contributed by atoms with van der Waals surface area (Å²) in [7, 11) is 0. The molecule has 3 aliphatic rings. The van der Waals surface area contributed by atoms with Crippen molar-refractivity contribution >= 4 is 5.91 Å². The van der Waals surface area contributed by atoms with E-state index in [1.165, 1.54) is 38.5 Å². The van der Waals surface area contributed by atoms with Crippen LogP contribution in [-0.4, -0.2) is 61.0 Å². The lowest BCUT2D eigenvalue weighted by Gasteiger charge is -2.43. The Labute approximate surface area is 122 Å². The van der Waals surface area contributed by atoms with E-state index in [2.05, 4.69) is 15.1 Å². The van der Waals surface area contributed by atoms with E-state index in [0.29, 0.717) is 11.8 Å². The van der Waals surface area contributed by atoms with Crippen LogP contribution >= 0.6 is 0 Å². The van der Waals surface area contributed by atoms with E-state index in [1.54, 1.807) is 0 Å². The maximum absolute atomic E-state index is 12.4. The highest BCUT2D eigenvalue weighted by Crippen LogP contribution is 2.26. The van der Waals surface area contributed by atoms with E-state index in [9.17, 15) is 4.79 Å². The monoisotopic (exact) mass is 279 g/mol. The number of carbonyl (C=O) groups excluding carboxylic acids is 1. The summed E-state index contributed by atoms with van der Waals surface area (Å²) in [5, 5.41) is 3.33. The van der Waals surface area contributed by atoms with Crippen molar-refractivity contribution in [3.8, 4) is 0 Å². The average molecular weight is 279 g/mol. The highest BCUT2D eigenvalue weighted by Gasteiger charge is 2.29. The molecule has 0 spiro atoms. The Balaban J connectivity index is 1.41. The predicted molar refractivity (Wildman–Crippen MR) is 80.6 cm³/mol. The van der Waals surface area contributed by atoms with Crippen molar-refractivity contribution in [3.63, 3.8) is 0 Å². The van der Waals surface area contributed by atoms with Crippen LogP contribution in [0.2, 0.25) is 0 Å². The van der Waals surface area contributed by atoms with Crippen LogP contribution in [0, 0.1) is 5.92 Å². The fourth-order valence-corrected chi connectivity index (χ4v) is 3.81. The number of carbonyl (C=O) groups is 1. The molecule has 2 aliphatic heterocycles. The zero-order chi connectivity index (χ0) is 13.8. The number of nitrogens with one attached hydrogen (secondary N) is 1. The Hall–Kier alpha value is -0.610. The molecule has 114 valence electrons. The third-order valence-corrected chi connectivity index (χ3v) is 5.38. The molecule has 0 unspecified atom stereocenters. The SMILES string of the molecule is O=C(CC1CCCCCC1)N1CCN(C2CNC2)CC1. The van der Waals surface area contributed by atoms with Crippen molar-refractivity contribution in [1.82, 2.24) is 15.1 Å². The van der Waals surface area contributed by atoms with E-state index < -0.39 is 0 Å². The highest BCUT2D eigenvalue weighted by molar-refractivity contribution is 5.76. The molecule has 1 aliphatic carbocycles. The predicted octanol–water partition coefficient (Wildman–Crippen LogP) is 1.46. The van der Waals surface area contributed by atoms with Gasteiger partial charge in [-0.25, -0.2) is 0 Å². The van der Waals surface area contributed by atoms with Gasteiger partial charge in [-0.3, -0.25) is 9.69 Å².